The van der Waals surface area contributed by atoms with E-state index in [1.54, 1.807) is 6.20 Å². The van der Waals surface area contributed by atoms with Crippen molar-refractivity contribution >= 4 is 11.6 Å². The number of hydrogen-bond donors (Lipinski definition) is 1. The van der Waals surface area contributed by atoms with Gasteiger partial charge in [0.25, 0.3) is 0 Å². The Bertz CT molecular complexity index is 372. The molecule has 0 saturated carbocycles. The number of piperidine rings is 1. The lowest BCUT2D eigenvalue weighted by Gasteiger charge is -2.42. The minimum Gasteiger partial charge on any atom is -0.309 e. The summed E-state index contributed by atoms with van der Waals surface area (Å²) in [6, 6.07) is 1.35. The van der Waals surface area contributed by atoms with Crippen LogP contribution in [0.2, 0.25) is 5.02 Å². The molecule has 94 valence electrons. The van der Waals surface area contributed by atoms with Crippen LogP contribution in [0.15, 0.2) is 6.20 Å². The van der Waals surface area contributed by atoms with Crippen LogP contribution in [0.4, 0.5) is 0 Å². The number of likely N-dealkylation sites (tertiary alicyclic amines) is 1. The molecule has 3 heterocycles. The molecular formula is C12H19ClN4. The first kappa shape index (κ1) is 11.5. The average Bonchev–Trinajstić information content (AvgIpc) is 2.60. The SMILES string of the molecule is Cn1ncc(Cl)c1CN1CC2CCCC(C1)N2. The Kier molecular flexibility index (Phi) is 3.11. The third-order valence-corrected chi connectivity index (χ3v) is 4.23. The number of aromatic nitrogens is 2. The lowest BCUT2D eigenvalue weighted by molar-refractivity contribution is 0.117. The van der Waals surface area contributed by atoms with E-state index in [4.69, 9.17) is 11.6 Å². The van der Waals surface area contributed by atoms with Crippen molar-refractivity contribution in [3.63, 3.8) is 0 Å². The molecule has 17 heavy (non-hydrogen) atoms. The molecule has 2 aliphatic heterocycles. The molecule has 1 aromatic rings. The zero-order valence-electron chi connectivity index (χ0n) is 10.2. The number of nitrogens with one attached hydrogen (secondary N) is 1. The van der Waals surface area contributed by atoms with E-state index in [-0.39, 0.29) is 0 Å². The third-order valence-electron chi connectivity index (χ3n) is 3.92. The summed E-state index contributed by atoms with van der Waals surface area (Å²) in [4.78, 5) is 2.51. The number of hydrogen-bond acceptors (Lipinski definition) is 3. The molecule has 2 fully saturated rings. The van der Waals surface area contributed by atoms with Gasteiger partial charge in [0.05, 0.1) is 16.9 Å². The van der Waals surface area contributed by atoms with Crippen LogP contribution in [0, 0.1) is 0 Å². The Hall–Kier alpha value is -0.580. The van der Waals surface area contributed by atoms with Gasteiger partial charge >= 0.3 is 0 Å². The maximum Gasteiger partial charge on any atom is 0.0831 e. The summed E-state index contributed by atoms with van der Waals surface area (Å²) in [5.41, 5.74) is 1.13. The standard InChI is InChI=1S/C12H19ClN4/c1-16-12(11(13)5-14-16)8-17-6-9-3-2-4-10(7-17)15-9/h5,9-10,15H,2-4,6-8H2,1H3. The fourth-order valence-corrected chi connectivity index (χ4v) is 3.28. The number of fused-ring (bicyclic) bond motifs is 2. The molecule has 2 saturated heterocycles. The molecule has 0 aromatic carbocycles. The van der Waals surface area contributed by atoms with Gasteiger partial charge in [-0.15, -0.1) is 0 Å². The number of halogens is 1. The predicted molar refractivity (Wildman–Crippen MR) is 68.1 cm³/mol. The monoisotopic (exact) mass is 254 g/mol. The summed E-state index contributed by atoms with van der Waals surface area (Å²) in [5, 5.41) is 8.68. The highest BCUT2D eigenvalue weighted by Crippen LogP contribution is 2.22. The van der Waals surface area contributed by atoms with Crippen LogP contribution in [-0.2, 0) is 13.6 Å². The Morgan fingerprint density at radius 2 is 2.12 bits per heavy atom. The summed E-state index contributed by atoms with van der Waals surface area (Å²) in [5.74, 6) is 0. The fourth-order valence-electron chi connectivity index (χ4n) is 3.05. The lowest BCUT2D eigenvalue weighted by atomic mass is 9.94. The van der Waals surface area contributed by atoms with Crippen molar-refractivity contribution in [1.82, 2.24) is 20.0 Å². The minimum absolute atomic E-state index is 0.675. The van der Waals surface area contributed by atoms with Crippen LogP contribution in [0.3, 0.4) is 0 Å². The first-order valence-corrected chi connectivity index (χ1v) is 6.75. The van der Waals surface area contributed by atoms with Gasteiger partial charge < -0.3 is 5.32 Å². The van der Waals surface area contributed by atoms with Gasteiger partial charge in [-0.2, -0.15) is 5.10 Å². The van der Waals surface area contributed by atoms with Gasteiger partial charge in [-0.25, -0.2) is 0 Å². The van der Waals surface area contributed by atoms with E-state index in [9.17, 15) is 0 Å². The van der Waals surface area contributed by atoms with E-state index in [0.29, 0.717) is 12.1 Å². The van der Waals surface area contributed by atoms with Crippen LogP contribution in [-0.4, -0.2) is 39.9 Å². The van der Waals surface area contributed by atoms with Crippen molar-refractivity contribution in [2.75, 3.05) is 13.1 Å². The molecule has 2 unspecified atom stereocenters. The van der Waals surface area contributed by atoms with Crippen molar-refractivity contribution in [3.8, 4) is 0 Å². The highest BCUT2D eigenvalue weighted by atomic mass is 35.5. The van der Waals surface area contributed by atoms with Crippen molar-refractivity contribution in [2.24, 2.45) is 7.05 Å². The van der Waals surface area contributed by atoms with Crippen LogP contribution >= 0.6 is 11.6 Å². The zero-order chi connectivity index (χ0) is 11.8. The van der Waals surface area contributed by atoms with Gasteiger partial charge in [0, 0.05) is 38.8 Å². The summed E-state index contributed by atoms with van der Waals surface area (Å²) in [6.45, 7) is 3.19. The van der Waals surface area contributed by atoms with E-state index in [1.165, 1.54) is 19.3 Å². The van der Waals surface area contributed by atoms with Gasteiger partial charge in [0.15, 0.2) is 0 Å². The lowest BCUT2D eigenvalue weighted by Crippen LogP contribution is -2.58. The predicted octanol–water partition coefficient (Wildman–Crippen LogP) is 1.40. The smallest absolute Gasteiger partial charge is 0.0831 e. The second-order valence-electron chi connectivity index (χ2n) is 5.25. The van der Waals surface area contributed by atoms with E-state index < -0.39 is 0 Å². The number of rotatable bonds is 2. The van der Waals surface area contributed by atoms with Gasteiger partial charge in [-0.05, 0) is 12.8 Å². The third kappa shape index (κ3) is 2.34. The molecule has 5 heteroatoms. The Labute approximate surface area is 107 Å². The summed E-state index contributed by atoms with van der Waals surface area (Å²) in [6.07, 6.45) is 5.74. The molecule has 4 nitrogen and oxygen atoms in total. The molecule has 0 radical (unpaired) electrons. The number of piperazine rings is 1. The summed E-state index contributed by atoms with van der Waals surface area (Å²) in [7, 11) is 1.96. The van der Waals surface area contributed by atoms with E-state index >= 15 is 0 Å². The van der Waals surface area contributed by atoms with Crippen LogP contribution in [0.1, 0.15) is 25.0 Å². The largest absolute Gasteiger partial charge is 0.309 e. The summed E-state index contributed by atoms with van der Waals surface area (Å²) >= 11 is 6.16. The van der Waals surface area contributed by atoms with Gasteiger partial charge in [0.2, 0.25) is 0 Å². The normalized spacial score (nSPS) is 29.5. The van der Waals surface area contributed by atoms with Gasteiger partial charge in [-0.1, -0.05) is 18.0 Å². The molecule has 0 spiro atoms. The molecule has 0 aliphatic carbocycles. The molecule has 1 N–H and O–H groups in total. The first-order valence-electron chi connectivity index (χ1n) is 6.37. The molecule has 1 aromatic heterocycles. The number of aryl methyl sites for hydroxylation is 1. The van der Waals surface area contributed by atoms with Gasteiger partial charge in [0.1, 0.15) is 0 Å². The average molecular weight is 255 g/mol. The second-order valence-corrected chi connectivity index (χ2v) is 5.66. The summed E-state index contributed by atoms with van der Waals surface area (Å²) < 4.78 is 1.89. The maximum absolute atomic E-state index is 6.16. The fraction of sp³-hybridized carbons (Fsp3) is 0.750. The van der Waals surface area contributed by atoms with E-state index in [0.717, 1.165) is 30.4 Å². The van der Waals surface area contributed by atoms with E-state index in [1.807, 2.05) is 11.7 Å². The highest BCUT2D eigenvalue weighted by Gasteiger charge is 2.30. The van der Waals surface area contributed by atoms with Gasteiger partial charge in [-0.3, -0.25) is 9.58 Å². The Balaban J connectivity index is 1.69. The first-order chi connectivity index (χ1) is 8.22. The Morgan fingerprint density at radius 3 is 2.71 bits per heavy atom. The molecule has 2 atom stereocenters. The minimum atomic E-state index is 0.675. The van der Waals surface area contributed by atoms with E-state index in [2.05, 4.69) is 15.3 Å². The van der Waals surface area contributed by atoms with Crippen molar-refractivity contribution in [1.29, 1.82) is 0 Å². The van der Waals surface area contributed by atoms with Crippen LogP contribution in [0.25, 0.3) is 0 Å². The molecule has 2 aliphatic rings. The molecule has 0 amide bonds. The highest BCUT2D eigenvalue weighted by molar-refractivity contribution is 6.31. The molecule has 2 bridgehead atoms. The second kappa shape index (κ2) is 4.59. The molecular weight excluding hydrogens is 236 g/mol. The molecule has 3 rings (SSSR count). The number of nitrogens with zero attached hydrogens (tertiary/aromatic N) is 3. The van der Waals surface area contributed by atoms with Crippen molar-refractivity contribution in [3.05, 3.63) is 16.9 Å². The Morgan fingerprint density at radius 1 is 1.41 bits per heavy atom. The van der Waals surface area contributed by atoms with Crippen molar-refractivity contribution in [2.45, 2.75) is 37.9 Å². The quantitative estimate of drug-likeness (QED) is 0.866. The topological polar surface area (TPSA) is 33.1 Å². The van der Waals surface area contributed by atoms with Crippen molar-refractivity contribution < 1.29 is 0 Å². The van der Waals surface area contributed by atoms with Crippen LogP contribution < -0.4 is 5.32 Å². The zero-order valence-corrected chi connectivity index (χ0v) is 11.0. The maximum atomic E-state index is 6.16. The van der Waals surface area contributed by atoms with Crippen LogP contribution in [0.5, 0.6) is 0 Å².